The summed E-state index contributed by atoms with van der Waals surface area (Å²) in [5.74, 6) is -11.4. The van der Waals surface area contributed by atoms with Crippen molar-refractivity contribution in [3.8, 4) is 0 Å². The molecule has 0 aromatic carbocycles. The van der Waals surface area contributed by atoms with Gasteiger partial charge in [0.2, 0.25) is 47.3 Å². The highest BCUT2D eigenvalue weighted by Gasteiger charge is 2.34. The van der Waals surface area contributed by atoms with Crippen LogP contribution in [0, 0.1) is 0 Å². The first-order valence-corrected chi connectivity index (χ1v) is 16.9. The summed E-state index contributed by atoms with van der Waals surface area (Å²) < 4.78 is 0. The zero-order valence-corrected chi connectivity index (χ0v) is 30.9. The number of nitrogens with two attached hydrogens (primary N) is 4. The highest BCUT2D eigenvalue weighted by Crippen LogP contribution is 2.02. The topological polar surface area (TPSA) is 452 Å². The Kier molecular flexibility index (Phi) is 22.3. The number of nitrogens with zero attached hydrogens (tertiary/aromatic N) is 1. The van der Waals surface area contributed by atoms with Gasteiger partial charge in [0.05, 0.1) is 31.7 Å². The minimum Gasteiger partial charge on any atom is -0.481 e. The van der Waals surface area contributed by atoms with E-state index in [9.17, 15) is 68.4 Å². The Balaban J connectivity index is 5.45. The third-order valence-electron chi connectivity index (χ3n) is 7.43. The Labute approximate surface area is 319 Å². The molecule has 8 amide bonds. The largest absolute Gasteiger partial charge is 0.481 e. The quantitative estimate of drug-likeness (QED) is 0.0219. The van der Waals surface area contributed by atoms with E-state index in [1.54, 1.807) is 0 Å². The molecule has 0 radical (unpaired) electrons. The van der Waals surface area contributed by atoms with E-state index in [0.717, 1.165) is 13.8 Å². The molecule has 0 aliphatic carbocycles. The van der Waals surface area contributed by atoms with Gasteiger partial charge in [-0.25, -0.2) is 4.79 Å². The van der Waals surface area contributed by atoms with Crippen molar-refractivity contribution in [1.82, 2.24) is 37.2 Å². The number of aliphatic hydroxyl groups is 2. The minimum atomic E-state index is -1.95. The van der Waals surface area contributed by atoms with Gasteiger partial charge in [0.1, 0.15) is 36.3 Å². The summed E-state index contributed by atoms with van der Waals surface area (Å²) in [6.07, 6.45) is -2.94. The van der Waals surface area contributed by atoms with Crippen LogP contribution in [0.4, 0.5) is 0 Å². The summed E-state index contributed by atoms with van der Waals surface area (Å²) in [4.78, 5) is 126. The Morgan fingerprint density at radius 3 is 1.73 bits per heavy atom. The number of rotatable bonds is 26. The zero-order chi connectivity index (χ0) is 43.3. The molecule has 26 heteroatoms. The van der Waals surface area contributed by atoms with Crippen LogP contribution in [0.2, 0.25) is 0 Å². The minimum absolute atomic E-state index is 0.146. The first kappa shape index (κ1) is 49.8. The number of hydrogen-bond acceptors (Lipinski definition) is 14. The van der Waals surface area contributed by atoms with E-state index in [-0.39, 0.29) is 31.8 Å². The molecule has 26 nitrogen and oxygen atoms in total. The molecule has 0 saturated carbocycles. The lowest BCUT2D eigenvalue weighted by Gasteiger charge is -2.26. The van der Waals surface area contributed by atoms with E-state index in [0.29, 0.717) is 6.42 Å². The average molecular weight is 805 g/mol. The molecule has 0 aliphatic heterocycles. The van der Waals surface area contributed by atoms with Crippen molar-refractivity contribution in [3.05, 3.63) is 0 Å². The van der Waals surface area contributed by atoms with E-state index in [1.165, 1.54) is 6.92 Å². The van der Waals surface area contributed by atoms with Crippen LogP contribution in [0.1, 0.15) is 52.9 Å². The Hall–Kier alpha value is -6.15. The number of carbonyl (C=O) groups excluding carboxylic acids is 8. The number of carbonyl (C=O) groups is 10. The van der Waals surface area contributed by atoms with Crippen molar-refractivity contribution in [2.75, 3.05) is 19.7 Å². The molecule has 0 aromatic rings. The molecule has 0 saturated heterocycles. The fourth-order valence-electron chi connectivity index (χ4n) is 4.32. The number of hydrogen-bond donors (Lipinski definition) is 15. The van der Waals surface area contributed by atoms with Crippen molar-refractivity contribution in [3.63, 3.8) is 0 Å². The second kappa shape index (κ2) is 25.0. The second-order valence-corrected chi connectivity index (χ2v) is 12.3. The lowest BCUT2D eigenvalue weighted by molar-refractivity contribution is -0.142. The highest BCUT2D eigenvalue weighted by atomic mass is 16.4. The van der Waals surface area contributed by atoms with Crippen LogP contribution in [0.5, 0.6) is 0 Å². The van der Waals surface area contributed by atoms with Crippen LogP contribution >= 0.6 is 0 Å². The number of carboxylic acid groups (broad SMARTS) is 2. The van der Waals surface area contributed by atoms with Gasteiger partial charge in [-0.05, 0) is 40.0 Å². The van der Waals surface area contributed by atoms with Gasteiger partial charge in [-0.3, -0.25) is 48.1 Å². The van der Waals surface area contributed by atoms with Crippen molar-refractivity contribution >= 4 is 65.2 Å². The molecule has 0 rings (SSSR count). The van der Waals surface area contributed by atoms with Crippen LogP contribution in [0.3, 0.4) is 0 Å². The molecule has 8 atom stereocenters. The SMILES string of the molecule is C[C@H](NC(=O)[C@@H](NC(=O)[C@H](CC(=O)O)NC(=O)[C@H](CO)NC(=O)[C@H](C)NC(=O)[C@@H](N)CCCN=C(N)N)[C@@H](C)O)C(=O)NCC(=O)N[C@@H](CCC(N)=O)C(=O)O. The van der Waals surface area contributed by atoms with E-state index < -0.39 is 127 Å². The molecule has 0 unspecified atom stereocenters. The second-order valence-electron chi connectivity index (χ2n) is 12.3. The lowest BCUT2D eigenvalue weighted by Crippen LogP contribution is -2.61. The number of aliphatic imine (C=N–C) groups is 1. The third-order valence-corrected chi connectivity index (χ3v) is 7.43. The number of aliphatic carboxylic acids is 2. The molecule has 0 heterocycles. The van der Waals surface area contributed by atoms with E-state index in [1.807, 2.05) is 5.32 Å². The summed E-state index contributed by atoms with van der Waals surface area (Å²) in [6, 6.07) is -10.8. The van der Waals surface area contributed by atoms with E-state index in [4.69, 9.17) is 22.9 Å². The summed E-state index contributed by atoms with van der Waals surface area (Å²) in [5, 5.41) is 53.4. The predicted octanol–water partition coefficient (Wildman–Crippen LogP) is -8.37. The molecule has 0 aliphatic rings. The van der Waals surface area contributed by atoms with Gasteiger partial charge >= 0.3 is 11.9 Å². The first-order valence-electron chi connectivity index (χ1n) is 16.9. The van der Waals surface area contributed by atoms with Gasteiger partial charge in [-0.2, -0.15) is 0 Å². The maximum Gasteiger partial charge on any atom is 0.326 e. The molecule has 56 heavy (non-hydrogen) atoms. The van der Waals surface area contributed by atoms with Crippen LogP contribution in [0.15, 0.2) is 4.99 Å². The molecule has 0 bridgehead atoms. The number of guanidine groups is 1. The lowest BCUT2D eigenvalue weighted by atomic mass is 10.1. The van der Waals surface area contributed by atoms with Gasteiger partial charge in [0.15, 0.2) is 5.96 Å². The van der Waals surface area contributed by atoms with E-state index in [2.05, 4.69) is 36.9 Å². The fraction of sp³-hybridized carbons (Fsp3) is 0.633. The standard InChI is InChI=1S/C30H52N12O14/c1-12(23(49)36-10-20(46)39-16(29(55)56)6-7-19(32)45)38-28(54)22(14(3)44)42-26(52)17(9-21(47)48)40-27(53)18(11-43)41-24(50)13(2)37-25(51)15(31)5-4-8-35-30(33)34/h12-18,22,43-44H,4-11,31H2,1-3H3,(H2,32,45)(H,36,49)(H,37,51)(H,38,54)(H,39,46)(H,40,53)(H,41,50)(H,42,52)(H,47,48)(H,55,56)(H4,33,34,35)/t12-,13-,14+,15-,16-,17-,18-,22-/m0/s1. The summed E-state index contributed by atoms with van der Waals surface area (Å²) in [6.45, 7) is 1.82. The molecule has 0 fully saturated rings. The molecule has 0 spiro atoms. The van der Waals surface area contributed by atoms with Crippen molar-refractivity contribution in [1.29, 1.82) is 0 Å². The van der Waals surface area contributed by atoms with Gasteiger partial charge in [-0.15, -0.1) is 0 Å². The Morgan fingerprint density at radius 2 is 1.21 bits per heavy atom. The van der Waals surface area contributed by atoms with E-state index >= 15 is 0 Å². The van der Waals surface area contributed by atoms with Gasteiger partial charge in [-0.1, -0.05) is 0 Å². The first-order chi connectivity index (χ1) is 26.0. The van der Waals surface area contributed by atoms with Crippen LogP contribution in [-0.4, -0.2) is 154 Å². The Morgan fingerprint density at radius 1 is 0.661 bits per heavy atom. The summed E-state index contributed by atoms with van der Waals surface area (Å²) >= 11 is 0. The number of primary amides is 1. The molecule has 316 valence electrons. The Bertz CT molecular complexity index is 1470. The fourth-order valence-corrected chi connectivity index (χ4v) is 4.32. The van der Waals surface area contributed by atoms with Crippen LogP contribution in [0.25, 0.3) is 0 Å². The number of amides is 8. The molecule has 19 N–H and O–H groups in total. The number of aliphatic hydroxyl groups excluding tert-OH is 2. The average Bonchev–Trinajstić information content (AvgIpc) is 3.10. The number of nitrogens with one attached hydrogen (secondary N) is 7. The van der Waals surface area contributed by atoms with Gasteiger partial charge < -0.3 is 80.6 Å². The maximum atomic E-state index is 13.1. The smallest absolute Gasteiger partial charge is 0.326 e. The monoisotopic (exact) mass is 804 g/mol. The molecular weight excluding hydrogens is 752 g/mol. The maximum absolute atomic E-state index is 13.1. The van der Waals surface area contributed by atoms with Gasteiger partial charge in [0.25, 0.3) is 0 Å². The number of carboxylic acids is 2. The third kappa shape index (κ3) is 19.8. The highest BCUT2D eigenvalue weighted by molar-refractivity contribution is 5.98. The van der Waals surface area contributed by atoms with Crippen molar-refractivity contribution < 1.29 is 68.4 Å². The molecular formula is C30H52N12O14. The normalized spacial score (nSPS) is 15.0. The zero-order valence-electron chi connectivity index (χ0n) is 30.9. The summed E-state index contributed by atoms with van der Waals surface area (Å²) in [5.41, 5.74) is 21.2. The van der Waals surface area contributed by atoms with Crippen molar-refractivity contribution in [2.24, 2.45) is 27.9 Å². The summed E-state index contributed by atoms with van der Waals surface area (Å²) in [7, 11) is 0. The predicted molar refractivity (Wildman–Crippen MR) is 191 cm³/mol. The van der Waals surface area contributed by atoms with Crippen LogP contribution < -0.4 is 60.2 Å². The molecule has 0 aromatic heterocycles. The van der Waals surface area contributed by atoms with Gasteiger partial charge in [0, 0.05) is 13.0 Å². The van der Waals surface area contributed by atoms with Crippen LogP contribution in [-0.2, 0) is 47.9 Å². The van der Waals surface area contributed by atoms with Crippen molar-refractivity contribution in [2.45, 2.75) is 101 Å².